The fourth-order valence-electron chi connectivity index (χ4n) is 7.37. The third-order valence-corrected chi connectivity index (χ3v) is 10.0. The first-order valence-corrected chi connectivity index (χ1v) is 17.9. The summed E-state index contributed by atoms with van der Waals surface area (Å²) < 4.78 is 15.1. The van der Waals surface area contributed by atoms with Gasteiger partial charge >= 0.3 is 0 Å². The molecule has 0 spiro atoms. The minimum Gasteiger partial charge on any atom is -0.504 e. The Morgan fingerprint density at radius 1 is 0.980 bits per heavy atom. The van der Waals surface area contributed by atoms with E-state index in [-0.39, 0.29) is 31.0 Å². The highest BCUT2D eigenvalue weighted by Gasteiger charge is 2.25. The number of hydrogen-bond acceptors (Lipinski definition) is 7. The van der Waals surface area contributed by atoms with Gasteiger partial charge in [-0.15, -0.1) is 0 Å². The quantitative estimate of drug-likeness (QED) is 0.161. The Hall–Kier alpha value is -4.52. The Balaban J connectivity index is 1.36. The molecule has 0 saturated carbocycles. The SMILES string of the molecule is NC1C=C2C#CC(CCCO)CCCC3CC(O)CCc4ccc(O)c(c4)OCc4cc(Cc5ccccc5)cc5cn(cc45)C(=C2CO3)N1. The van der Waals surface area contributed by atoms with Crippen molar-refractivity contribution in [1.29, 1.82) is 0 Å². The van der Waals surface area contributed by atoms with Gasteiger partial charge in [-0.05, 0) is 104 Å². The highest BCUT2D eigenvalue weighted by Crippen LogP contribution is 2.33. The zero-order chi connectivity index (χ0) is 34.5. The van der Waals surface area contributed by atoms with E-state index in [0.717, 1.165) is 76.5 Å². The van der Waals surface area contributed by atoms with Crippen LogP contribution in [0.15, 0.2) is 90.3 Å². The molecule has 1 aromatic heterocycles. The van der Waals surface area contributed by atoms with Crippen molar-refractivity contribution in [1.82, 2.24) is 9.88 Å². The molecule has 4 atom stereocenters. The van der Waals surface area contributed by atoms with Gasteiger partial charge in [0, 0.05) is 46.8 Å². The van der Waals surface area contributed by atoms with Crippen LogP contribution in [0.3, 0.4) is 0 Å². The number of nitrogens with two attached hydrogens (primary N) is 1. The standard InChI is InChI=1S/C42H47N3O5/c43-41-22-32-14-11-28(9-5-17-46)8-4-10-36-23-35(47)15-12-30-13-16-39(48)40(21-30)50-26-34-20-31(18-29-6-2-1-3-7-29)19-33-24-45(25-37(33)34)42(44-41)38(32)27-49-36/h1-3,6-7,13,16,19-22,24-25,28,35-36,41,44,46-48H,4-5,8-10,12,15,17-18,23,26-27,43H2. The molecule has 260 valence electrons. The number of hydrogen-bond donors (Lipinski definition) is 5. The summed E-state index contributed by atoms with van der Waals surface area (Å²) in [6.45, 7) is 0.727. The van der Waals surface area contributed by atoms with Gasteiger partial charge in [0.05, 0.1) is 25.0 Å². The minimum absolute atomic E-state index is 0.0878. The first-order valence-electron chi connectivity index (χ1n) is 17.9. The van der Waals surface area contributed by atoms with Crippen molar-refractivity contribution < 1.29 is 24.8 Å². The van der Waals surface area contributed by atoms with Crippen LogP contribution >= 0.6 is 0 Å². The molecule has 8 heteroatoms. The predicted octanol–water partition coefficient (Wildman–Crippen LogP) is 6.16. The second kappa shape index (κ2) is 15.6. The summed E-state index contributed by atoms with van der Waals surface area (Å²) in [5.74, 6) is 8.47. The maximum atomic E-state index is 11.2. The highest BCUT2D eigenvalue weighted by atomic mass is 16.5. The topological polar surface area (TPSA) is 122 Å². The van der Waals surface area contributed by atoms with E-state index in [2.05, 4.69) is 70.5 Å². The van der Waals surface area contributed by atoms with E-state index in [0.29, 0.717) is 38.0 Å². The van der Waals surface area contributed by atoms with E-state index in [1.807, 2.05) is 24.3 Å². The molecule has 7 rings (SSSR count). The summed E-state index contributed by atoms with van der Waals surface area (Å²) in [6, 6.07) is 20.3. The fraction of sp³-hybridized carbons (Fsp3) is 0.381. The van der Waals surface area contributed by atoms with Crippen LogP contribution in [0.5, 0.6) is 11.5 Å². The Morgan fingerprint density at radius 3 is 2.72 bits per heavy atom. The average molecular weight is 674 g/mol. The van der Waals surface area contributed by atoms with Gasteiger partial charge in [-0.2, -0.15) is 0 Å². The van der Waals surface area contributed by atoms with Crippen LogP contribution in [-0.4, -0.2) is 51.5 Å². The molecule has 3 aliphatic heterocycles. The van der Waals surface area contributed by atoms with Crippen LogP contribution in [0.2, 0.25) is 0 Å². The Labute approximate surface area is 294 Å². The van der Waals surface area contributed by atoms with Crippen LogP contribution in [0.1, 0.15) is 67.2 Å². The number of benzene rings is 3. The summed E-state index contributed by atoms with van der Waals surface area (Å²) >= 11 is 0. The van der Waals surface area contributed by atoms with E-state index in [4.69, 9.17) is 15.2 Å². The van der Waals surface area contributed by atoms with Crippen LogP contribution in [0.4, 0.5) is 0 Å². The fourth-order valence-corrected chi connectivity index (χ4v) is 7.37. The Bertz CT molecular complexity index is 1940. The van der Waals surface area contributed by atoms with Crippen molar-refractivity contribution in [3.8, 4) is 23.3 Å². The van der Waals surface area contributed by atoms with Crippen LogP contribution < -0.4 is 15.8 Å². The number of aliphatic hydroxyl groups excluding tert-OH is 2. The summed E-state index contributed by atoms with van der Waals surface area (Å²) in [4.78, 5) is 0. The van der Waals surface area contributed by atoms with Gasteiger partial charge in [-0.25, -0.2) is 0 Å². The van der Waals surface area contributed by atoms with Gasteiger partial charge in [0.2, 0.25) is 0 Å². The lowest BCUT2D eigenvalue weighted by Crippen LogP contribution is -2.40. The highest BCUT2D eigenvalue weighted by molar-refractivity contribution is 5.88. The minimum atomic E-state index is -0.558. The molecule has 0 saturated heterocycles. The van der Waals surface area contributed by atoms with Gasteiger partial charge in [-0.1, -0.05) is 54.3 Å². The summed E-state index contributed by atoms with van der Waals surface area (Å²) in [5.41, 5.74) is 12.7. The number of nitrogens with one attached hydrogen (secondary N) is 1. The maximum absolute atomic E-state index is 11.2. The number of aromatic nitrogens is 1. The molecule has 3 aromatic carbocycles. The van der Waals surface area contributed by atoms with E-state index in [1.165, 1.54) is 5.56 Å². The number of aryl methyl sites for hydroxylation is 1. The number of fused-ring (bicyclic) bond motifs is 6. The van der Waals surface area contributed by atoms with E-state index >= 15 is 0 Å². The number of nitrogens with zero attached hydrogens (tertiary/aromatic N) is 1. The lowest BCUT2D eigenvalue weighted by atomic mass is 9.94. The molecule has 0 amide bonds. The van der Waals surface area contributed by atoms with Crippen molar-refractivity contribution in [2.75, 3.05) is 13.2 Å². The number of aliphatic hydroxyl groups is 2. The molecular weight excluding hydrogens is 626 g/mol. The van der Waals surface area contributed by atoms with Gasteiger partial charge in [-0.3, -0.25) is 0 Å². The summed E-state index contributed by atoms with van der Waals surface area (Å²) in [6.07, 6.45) is 11.7. The number of ether oxygens (including phenoxy) is 2. The molecule has 0 fully saturated rings. The smallest absolute Gasteiger partial charge is 0.161 e. The number of rotatable bonds is 5. The zero-order valence-electron chi connectivity index (χ0n) is 28.5. The molecule has 6 bridgehead atoms. The van der Waals surface area contributed by atoms with Crippen molar-refractivity contribution in [2.24, 2.45) is 11.7 Å². The normalized spacial score (nSPS) is 22.7. The maximum Gasteiger partial charge on any atom is 0.161 e. The molecular formula is C42H47N3O5. The van der Waals surface area contributed by atoms with Gasteiger partial charge in [0.25, 0.3) is 0 Å². The van der Waals surface area contributed by atoms with Crippen molar-refractivity contribution >= 4 is 16.6 Å². The Morgan fingerprint density at radius 2 is 1.86 bits per heavy atom. The average Bonchev–Trinajstić information content (AvgIpc) is 3.53. The first kappa shape index (κ1) is 34.0. The molecule has 6 N–H and O–H groups in total. The molecule has 4 heterocycles. The van der Waals surface area contributed by atoms with Crippen molar-refractivity contribution in [3.63, 3.8) is 0 Å². The Kier molecular flexibility index (Phi) is 10.6. The lowest BCUT2D eigenvalue weighted by molar-refractivity contribution is 0.0166. The molecule has 0 radical (unpaired) electrons. The molecule has 4 aromatic rings. The van der Waals surface area contributed by atoms with Crippen molar-refractivity contribution in [2.45, 2.75) is 82.8 Å². The molecule has 3 aliphatic rings. The second-order valence-corrected chi connectivity index (χ2v) is 13.9. The summed E-state index contributed by atoms with van der Waals surface area (Å²) in [7, 11) is 0. The van der Waals surface area contributed by atoms with Crippen LogP contribution in [0, 0.1) is 17.8 Å². The van der Waals surface area contributed by atoms with E-state index in [9.17, 15) is 15.3 Å². The largest absolute Gasteiger partial charge is 0.504 e. The third kappa shape index (κ3) is 8.09. The van der Waals surface area contributed by atoms with Crippen LogP contribution in [0.25, 0.3) is 16.6 Å². The molecule has 8 nitrogen and oxygen atoms in total. The van der Waals surface area contributed by atoms with E-state index in [1.54, 1.807) is 6.07 Å². The number of phenols is 1. The predicted molar refractivity (Wildman–Crippen MR) is 196 cm³/mol. The first-order chi connectivity index (χ1) is 24.4. The third-order valence-electron chi connectivity index (χ3n) is 10.0. The lowest BCUT2D eigenvalue weighted by Gasteiger charge is -2.28. The van der Waals surface area contributed by atoms with Gasteiger partial charge in [0.15, 0.2) is 11.5 Å². The molecule has 0 aliphatic carbocycles. The number of dihydropyridines is 1. The van der Waals surface area contributed by atoms with Crippen LogP contribution in [-0.2, 0) is 24.2 Å². The van der Waals surface area contributed by atoms with Crippen molar-refractivity contribution in [3.05, 3.63) is 113 Å². The van der Waals surface area contributed by atoms with Gasteiger partial charge in [0.1, 0.15) is 12.4 Å². The second-order valence-electron chi connectivity index (χ2n) is 13.9. The monoisotopic (exact) mass is 673 g/mol. The number of aromatic hydroxyl groups is 1. The molecule has 50 heavy (non-hydrogen) atoms. The zero-order valence-corrected chi connectivity index (χ0v) is 28.5. The summed E-state index contributed by atoms with van der Waals surface area (Å²) in [5, 5.41) is 37.2. The molecule has 4 unspecified atom stereocenters. The van der Waals surface area contributed by atoms with Gasteiger partial charge < -0.3 is 40.4 Å². The number of phenolic OH excluding ortho intramolecular Hbond substituents is 1. The van der Waals surface area contributed by atoms with E-state index < -0.39 is 12.3 Å².